The summed E-state index contributed by atoms with van der Waals surface area (Å²) < 4.78 is 13.4. The third kappa shape index (κ3) is 2.81. The van der Waals surface area contributed by atoms with Crippen LogP contribution in [0.3, 0.4) is 0 Å². The quantitative estimate of drug-likeness (QED) is 0.829. The average Bonchev–Trinajstić information content (AvgIpc) is 2.29. The molecule has 0 unspecified atom stereocenters. The van der Waals surface area contributed by atoms with Crippen molar-refractivity contribution in [2.24, 2.45) is 0 Å². The molecule has 0 bridgehead atoms. The first-order chi connectivity index (χ1) is 8.16. The number of benzene rings is 1. The number of halogens is 1. The largest absolute Gasteiger partial charge is 0.322 e. The number of amides is 1. The molecule has 0 saturated carbocycles. The number of anilines is 1. The van der Waals surface area contributed by atoms with E-state index in [2.05, 4.69) is 5.32 Å². The van der Waals surface area contributed by atoms with E-state index in [-0.39, 0.29) is 11.5 Å². The number of hydrogen-bond acceptors (Lipinski definition) is 1. The minimum atomic E-state index is -0.429. The molecular weight excluding hydrogens is 217 g/mol. The number of carbonyl (C=O) groups is 1. The van der Waals surface area contributed by atoms with Gasteiger partial charge in [0, 0.05) is 5.69 Å². The fourth-order valence-electron chi connectivity index (χ4n) is 1.77. The Labute approximate surface area is 99.8 Å². The molecule has 0 aromatic heterocycles. The van der Waals surface area contributed by atoms with Crippen LogP contribution in [0.25, 0.3) is 0 Å². The summed E-state index contributed by atoms with van der Waals surface area (Å²) in [7, 11) is 0. The highest BCUT2D eigenvalue weighted by atomic mass is 19.1. The van der Waals surface area contributed by atoms with Gasteiger partial charge in [0.2, 0.25) is 0 Å². The Hall–Kier alpha value is -1.90. The molecule has 1 aliphatic rings. The molecule has 0 saturated heterocycles. The summed E-state index contributed by atoms with van der Waals surface area (Å²) in [5.41, 5.74) is 1.88. The van der Waals surface area contributed by atoms with Crippen molar-refractivity contribution in [2.45, 2.75) is 19.8 Å². The maximum Gasteiger partial charge on any atom is 0.258 e. The van der Waals surface area contributed by atoms with Crippen LogP contribution in [0, 0.1) is 6.92 Å². The zero-order chi connectivity index (χ0) is 12.3. The summed E-state index contributed by atoms with van der Waals surface area (Å²) in [6.07, 6.45) is 4.46. The monoisotopic (exact) mass is 231 g/mol. The van der Waals surface area contributed by atoms with Gasteiger partial charge >= 0.3 is 0 Å². The summed E-state index contributed by atoms with van der Waals surface area (Å²) in [5.74, 6) is -0.814. The van der Waals surface area contributed by atoms with Crippen molar-refractivity contribution in [2.75, 3.05) is 5.32 Å². The smallest absolute Gasteiger partial charge is 0.258 e. The van der Waals surface area contributed by atoms with Crippen LogP contribution in [-0.2, 0) is 4.79 Å². The molecule has 2 nitrogen and oxygen atoms in total. The van der Waals surface area contributed by atoms with Gasteiger partial charge < -0.3 is 5.32 Å². The van der Waals surface area contributed by atoms with Gasteiger partial charge in [-0.2, -0.15) is 0 Å². The van der Waals surface area contributed by atoms with Crippen molar-refractivity contribution in [3.05, 3.63) is 53.4 Å². The normalized spacial score (nSPS) is 14.9. The average molecular weight is 231 g/mol. The Balaban J connectivity index is 2.12. The molecular formula is C14H14FNO. The van der Waals surface area contributed by atoms with E-state index in [1.165, 1.54) is 6.08 Å². The number of allylic oxidation sites excluding steroid dienone is 2. The molecule has 1 aromatic carbocycles. The van der Waals surface area contributed by atoms with Gasteiger partial charge in [-0.15, -0.1) is 0 Å². The molecule has 1 aromatic rings. The summed E-state index contributed by atoms with van der Waals surface area (Å²) in [6, 6.07) is 7.43. The summed E-state index contributed by atoms with van der Waals surface area (Å²) in [5, 5.41) is 2.69. The van der Waals surface area contributed by atoms with Crippen LogP contribution in [-0.4, -0.2) is 5.91 Å². The Morgan fingerprint density at radius 1 is 1.29 bits per heavy atom. The number of nitrogens with one attached hydrogen (secondary N) is 1. The van der Waals surface area contributed by atoms with Crippen LogP contribution in [0.1, 0.15) is 18.4 Å². The summed E-state index contributed by atoms with van der Waals surface area (Å²) in [4.78, 5) is 11.8. The molecule has 0 heterocycles. The predicted octanol–water partition coefficient (Wildman–Crippen LogP) is 3.51. The minimum Gasteiger partial charge on any atom is -0.322 e. The van der Waals surface area contributed by atoms with Crippen molar-refractivity contribution in [3.8, 4) is 0 Å². The fraction of sp³-hybridized carbons (Fsp3) is 0.214. The van der Waals surface area contributed by atoms with Gasteiger partial charge in [0.15, 0.2) is 0 Å². The number of rotatable bonds is 2. The van der Waals surface area contributed by atoms with Gasteiger partial charge in [-0.1, -0.05) is 18.2 Å². The van der Waals surface area contributed by atoms with Gasteiger partial charge in [-0.05, 0) is 43.5 Å². The predicted molar refractivity (Wildman–Crippen MR) is 66.3 cm³/mol. The lowest BCUT2D eigenvalue weighted by Crippen LogP contribution is -2.16. The fourth-order valence-corrected chi connectivity index (χ4v) is 1.77. The molecule has 1 aliphatic carbocycles. The third-order valence-corrected chi connectivity index (χ3v) is 2.62. The highest BCUT2D eigenvalue weighted by molar-refractivity contribution is 6.06. The molecule has 17 heavy (non-hydrogen) atoms. The lowest BCUT2D eigenvalue weighted by molar-refractivity contribution is -0.112. The van der Waals surface area contributed by atoms with E-state index in [4.69, 9.17) is 0 Å². The highest BCUT2D eigenvalue weighted by Gasteiger charge is 2.16. The molecule has 0 fully saturated rings. The van der Waals surface area contributed by atoms with E-state index in [1.54, 1.807) is 12.1 Å². The van der Waals surface area contributed by atoms with Crippen LogP contribution in [0.5, 0.6) is 0 Å². The van der Waals surface area contributed by atoms with Gasteiger partial charge in [-0.3, -0.25) is 4.79 Å². The zero-order valence-corrected chi connectivity index (χ0v) is 9.66. The van der Waals surface area contributed by atoms with E-state index in [1.807, 2.05) is 25.1 Å². The van der Waals surface area contributed by atoms with Gasteiger partial charge in [0.25, 0.3) is 5.91 Å². The molecule has 1 amide bonds. The summed E-state index contributed by atoms with van der Waals surface area (Å²) in [6.45, 7) is 1.94. The first-order valence-electron chi connectivity index (χ1n) is 5.61. The van der Waals surface area contributed by atoms with E-state index in [0.717, 1.165) is 5.56 Å². The Morgan fingerprint density at radius 3 is 2.76 bits per heavy atom. The Morgan fingerprint density at radius 2 is 2.06 bits per heavy atom. The second-order valence-corrected chi connectivity index (χ2v) is 4.07. The van der Waals surface area contributed by atoms with Crippen LogP contribution in [0.2, 0.25) is 0 Å². The van der Waals surface area contributed by atoms with Crippen LogP contribution in [0.15, 0.2) is 47.8 Å². The number of hydrogen-bond donors (Lipinski definition) is 1. The van der Waals surface area contributed by atoms with Gasteiger partial charge in [0.1, 0.15) is 5.83 Å². The van der Waals surface area contributed by atoms with Gasteiger partial charge in [-0.25, -0.2) is 4.39 Å². The molecule has 0 radical (unpaired) electrons. The maximum absolute atomic E-state index is 13.4. The van der Waals surface area contributed by atoms with Crippen molar-refractivity contribution in [1.29, 1.82) is 0 Å². The molecule has 1 N–H and O–H groups in total. The summed E-state index contributed by atoms with van der Waals surface area (Å²) >= 11 is 0. The molecule has 0 aliphatic heterocycles. The highest BCUT2D eigenvalue weighted by Crippen LogP contribution is 2.21. The standard InChI is InChI=1S/C14H14FNO/c1-10-5-4-6-11(9-10)16-14(17)12-7-2-3-8-13(12)15/h4-9H,2-3H2,1H3,(H,16,17). The maximum atomic E-state index is 13.4. The number of aryl methyl sites for hydroxylation is 1. The van der Waals surface area contributed by atoms with E-state index in [0.29, 0.717) is 18.5 Å². The molecule has 0 spiro atoms. The number of carbonyl (C=O) groups excluding carboxylic acids is 1. The van der Waals surface area contributed by atoms with E-state index >= 15 is 0 Å². The van der Waals surface area contributed by atoms with Crippen LogP contribution >= 0.6 is 0 Å². The topological polar surface area (TPSA) is 29.1 Å². The second-order valence-electron chi connectivity index (χ2n) is 4.07. The van der Waals surface area contributed by atoms with Gasteiger partial charge in [0.05, 0.1) is 5.57 Å². The Bertz CT molecular complexity index is 503. The van der Waals surface area contributed by atoms with Crippen molar-refractivity contribution in [3.63, 3.8) is 0 Å². The van der Waals surface area contributed by atoms with Crippen LogP contribution in [0.4, 0.5) is 10.1 Å². The Kier molecular flexibility index (Phi) is 3.38. The molecule has 88 valence electrons. The molecule has 3 heteroatoms. The molecule has 2 rings (SSSR count). The zero-order valence-electron chi connectivity index (χ0n) is 9.66. The minimum absolute atomic E-state index is 0.137. The van der Waals surface area contributed by atoms with Crippen molar-refractivity contribution in [1.82, 2.24) is 0 Å². The van der Waals surface area contributed by atoms with Crippen LogP contribution < -0.4 is 5.32 Å². The van der Waals surface area contributed by atoms with E-state index < -0.39 is 5.83 Å². The lowest BCUT2D eigenvalue weighted by atomic mass is 10.1. The van der Waals surface area contributed by atoms with E-state index in [9.17, 15) is 9.18 Å². The first kappa shape index (κ1) is 11.6. The SMILES string of the molecule is Cc1cccc(NC(=O)C2=CCCC=C2F)c1. The first-order valence-corrected chi connectivity index (χ1v) is 5.61. The second kappa shape index (κ2) is 4.95. The third-order valence-electron chi connectivity index (χ3n) is 2.62. The molecule has 0 atom stereocenters. The van der Waals surface area contributed by atoms with Crippen molar-refractivity contribution >= 4 is 11.6 Å². The lowest BCUT2D eigenvalue weighted by Gasteiger charge is -2.10. The van der Waals surface area contributed by atoms with Crippen molar-refractivity contribution < 1.29 is 9.18 Å².